The number of nitrogens with zero attached hydrogens (tertiary/aromatic N) is 2. The maximum absolute atomic E-state index is 13.7. The Morgan fingerprint density at radius 1 is 1.07 bits per heavy atom. The number of rotatable bonds is 18. The summed E-state index contributed by atoms with van der Waals surface area (Å²) >= 11 is 0. The van der Waals surface area contributed by atoms with Crippen LogP contribution in [0.5, 0.6) is 0 Å². The number of likely N-dealkylation sites (tertiary alicyclic amines) is 1. The monoisotopic (exact) mass is 645 g/mol. The highest BCUT2D eigenvalue weighted by atomic mass is 16.5. The molecule has 0 aliphatic carbocycles. The Balaban J connectivity index is 2.03. The summed E-state index contributed by atoms with van der Waals surface area (Å²) in [4.78, 5) is 56.2. The minimum absolute atomic E-state index is 0.0266. The van der Waals surface area contributed by atoms with Gasteiger partial charge in [0, 0.05) is 33.2 Å². The molecule has 11 nitrogen and oxygen atoms in total. The fourth-order valence-electron chi connectivity index (χ4n) is 6.56. The molecule has 1 aromatic rings. The number of methoxy groups -OCH3 is 1. The van der Waals surface area contributed by atoms with E-state index in [1.165, 1.54) is 0 Å². The third-order valence-corrected chi connectivity index (χ3v) is 9.68. The van der Waals surface area contributed by atoms with Gasteiger partial charge in [0.25, 0.3) is 0 Å². The van der Waals surface area contributed by atoms with Crippen LogP contribution in [0.15, 0.2) is 30.3 Å². The lowest BCUT2D eigenvalue weighted by molar-refractivity contribution is -0.141. The van der Waals surface area contributed by atoms with Gasteiger partial charge in [-0.2, -0.15) is 0 Å². The number of hydrogen-bond donors (Lipinski definition) is 4. The van der Waals surface area contributed by atoms with E-state index in [4.69, 9.17) is 4.74 Å². The maximum Gasteiger partial charge on any atom is 0.241 e. The molecule has 46 heavy (non-hydrogen) atoms. The van der Waals surface area contributed by atoms with Crippen LogP contribution in [-0.2, 0) is 23.9 Å². The first-order valence-corrected chi connectivity index (χ1v) is 16.8. The molecule has 1 aliphatic rings. The van der Waals surface area contributed by atoms with E-state index >= 15 is 0 Å². The van der Waals surface area contributed by atoms with E-state index in [-0.39, 0.29) is 66.6 Å². The number of carbonyl (C=O) groups excluding carboxylic acids is 4. The van der Waals surface area contributed by atoms with E-state index in [0.29, 0.717) is 13.0 Å². The number of likely N-dealkylation sites (N-methyl/N-ethyl adjacent to an activating group) is 2. The lowest BCUT2D eigenvalue weighted by Gasteiger charge is -2.36. The number of nitrogens with one attached hydrogen (secondary N) is 3. The summed E-state index contributed by atoms with van der Waals surface area (Å²) in [7, 11) is 5.03. The van der Waals surface area contributed by atoms with E-state index in [1.54, 1.807) is 40.0 Å². The highest BCUT2D eigenvalue weighted by Gasteiger charge is 2.40. The average molecular weight is 646 g/mol. The number of hydrogen-bond acceptors (Lipinski definition) is 7. The lowest BCUT2D eigenvalue weighted by Crippen LogP contribution is -2.52. The fourth-order valence-corrected chi connectivity index (χ4v) is 6.56. The predicted octanol–water partition coefficient (Wildman–Crippen LogP) is 2.88. The molecule has 4 amide bonds. The fraction of sp³-hybridized carbons (Fsp3) is 0.714. The van der Waals surface area contributed by atoms with Gasteiger partial charge >= 0.3 is 0 Å². The van der Waals surface area contributed by atoms with Crippen molar-refractivity contribution in [2.75, 3.05) is 34.3 Å². The molecule has 1 unspecified atom stereocenters. The standard InChI is InChI=1S/C35H59N5O6/c1-10-23(4)27(39(8)30(42)21-37-35(45)31(36-7)22(2)3)18-19-29(41)40-20-14-17-28(40)33(46-9)24(5)34(44)38-25(6)32(43)26-15-12-11-13-16-26/h11-13,15-16,22-25,27-28,31-33,36,43H,10,14,17-21H2,1-9H3,(H,37,45)(H,38,44)/t23-,24+,25+,27+,28-,31?,32+,33+/m0/s1. The molecule has 0 aromatic heterocycles. The molecular formula is C35H59N5O6. The molecule has 0 saturated carbocycles. The third kappa shape index (κ3) is 10.5. The van der Waals surface area contributed by atoms with E-state index < -0.39 is 24.2 Å². The minimum Gasteiger partial charge on any atom is -0.386 e. The Morgan fingerprint density at radius 3 is 2.28 bits per heavy atom. The normalized spacial score (nSPS) is 19.5. The second-order valence-electron chi connectivity index (χ2n) is 13.2. The smallest absolute Gasteiger partial charge is 0.241 e. The van der Waals surface area contributed by atoms with Crippen molar-refractivity contribution in [2.24, 2.45) is 17.8 Å². The van der Waals surface area contributed by atoms with Gasteiger partial charge in [-0.25, -0.2) is 0 Å². The number of benzene rings is 1. The average Bonchev–Trinajstić information content (AvgIpc) is 3.53. The Morgan fingerprint density at radius 2 is 1.72 bits per heavy atom. The zero-order valence-electron chi connectivity index (χ0n) is 29.4. The first-order valence-electron chi connectivity index (χ1n) is 16.8. The SMILES string of the molecule is CC[C@H](C)[C@@H](CCC(=O)N1CCC[C@H]1[C@H](OC)[C@@H](C)C(=O)N[C@H](C)[C@@H](O)c1ccccc1)N(C)C(=O)CNC(=O)C(NC)C(C)C. The molecule has 1 saturated heterocycles. The number of ether oxygens (including phenoxy) is 1. The zero-order chi connectivity index (χ0) is 34.6. The highest BCUT2D eigenvalue weighted by Crippen LogP contribution is 2.29. The zero-order valence-corrected chi connectivity index (χ0v) is 29.4. The summed E-state index contributed by atoms with van der Waals surface area (Å²) in [5.74, 6) is -1.01. The second kappa shape index (κ2) is 19.0. The van der Waals surface area contributed by atoms with E-state index in [2.05, 4.69) is 29.8 Å². The first-order chi connectivity index (χ1) is 21.8. The van der Waals surface area contributed by atoms with Gasteiger partial charge in [-0.1, -0.05) is 71.4 Å². The van der Waals surface area contributed by atoms with Gasteiger partial charge in [-0.3, -0.25) is 19.2 Å². The van der Waals surface area contributed by atoms with Gasteiger partial charge in [0.1, 0.15) is 0 Å². The molecule has 8 atom stereocenters. The van der Waals surface area contributed by atoms with Crippen LogP contribution in [0.25, 0.3) is 0 Å². The van der Waals surface area contributed by atoms with Crippen molar-refractivity contribution in [1.82, 2.24) is 25.8 Å². The molecule has 4 N–H and O–H groups in total. The van der Waals surface area contributed by atoms with Gasteiger partial charge in [0.2, 0.25) is 23.6 Å². The summed E-state index contributed by atoms with van der Waals surface area (Å²) in [5.41, 5.74) is 0.722. The van der Waals surface area contributed by atoms with Crippen molar-refractivity contribution >= 4 is 23.6 Å². The summed E-state index contributed by atoms with van der Waals surface area (Å²) in [5, 5.41) is 19.4. The number of carbonyl (C=O) groups is 4. The van der Waals surface area contributed by atoms with Crippen molar-refractivity contribution in [3.05, 3.63) is 35.9 Å². The van der Waals surface area contributed by atoms with Crippen LogP contribution < -0.4 is 16.0 Å². The summed E-state index contributed by atoms with van der Waals surface area (Å²) in [6.07, 6.45) is 1.74. The molecule has 0 bridgehead atoms. The number of aliphatic hydroxyl groups excluding tert-OH is 1. The Hall–Kier alpha value is -3.02. The van der Waals surface area contributed by atoms with Crippen molar-refractivity contribution in [3.8, 4) is 0 Å². The lowest BCUT2D eigenvalue weighted by atomic mass is 9.92. The van der Waals surface area contributed by atoms with Crippen molar-refractivity contribution in [1.29, 1.82) is 0 Å². The third-order valence-electron chi connectivity index (χ3n) is 9.68. The highest BCUT2D eigenvalue weighted by molar-refractivity contribution is 5.87. The number of amides is 4. The Labute approximate surface area is 276 Å². The largest absolute Gasteiger partial charge is 0.386 e. The van der Waals surface area contributed by atoms with Gasteiger partial charge in [-0.15, -0.1) is 0 Å². The van der Waals surface area contributed by atoms with Gasteiger partial charge in [-0.05, 0) is 50.6 Å². The quantitative estimate of drug-likeness (QED) is 0.193. The Bertz CT molecular complexity index is 1120. The van der Waals surface area contributed by atoms with Crippen LogP contribution in [0, 0.1) is 17.8 Å². The van der Waals surface area contributed by atoms with E-state index in [9.17, 15) is 24.3 Å². The number of aliphatic hydroxyl groups is 1. The first kappa shape index (κ1) is 39.2. The predicted molar refractivity (Wildman–Crippen MR) is 180 cm³/mol. The molecule has 1 aliphatic heterocycles. The molecule has 2 rings (SSSR count). The van der Waals surface area contributed by atoms with Gasteiger partial charge < -0.3 is 35.6 Å². The van der Waals surface area contributed by atoms with Gasteiger partial charge in [0.05, 0.1) is 42.8 Å². The molecule has 0 radical (unpaired) electrons. The summed E-state index contributed by atoms with van der Waals surface area (Å²) in [6.45, 7) is 12.1. The summed E-state index contributed by atoms with van der Waals surface area (Å²) in [6, 6.07) is 7.87. The molecular weight excluding hydrogens is 586 g/mol. The Kier molecular flexibility index (Phi) is 16.1. The van der Waals surface area contributed by atoms with Crippen molar-refractivity contribution in [2.45, 2.75) is 110 Å². The molecule has 1 aromatic carbocycles. The van der Waals surface area contributed by atoms with Crippen molar-refractivity contribution in [3.63, 3.8) is 0 Å². The van der Waals surface area contributed by atoms with Gasteiger partial charge in [0.15, 0.2) is 0 Å². The van der Waals surface area contributed by atoms with Crippen LogP contribution in [0.2, 0.25) is 0 Å². The maximum atomic E-state index is 13.7. The van der Waals surface area contributed by atoms with Crippen LogP contribution in [0.4, 0.5) is 0 Å². The molecule has 11 heteroatoms. The van der Waals surface area contributed by atoms with E-state index in [1.807, 2.05) is 49.1 Å². The second-order valence-corrected chi connectivity index (χ2v) is 13.2. The molecule has 260 valence electrons. The summed E-state index contributed by atoms with van der Waals surface area (Å²) < 4.78 is 5.85. The topological polar surface area (TPSA) is 140 Å². The van der Waals surface area contributed by atoms with E-state index in [0.717, 1.165) is 24.8 Å². The molecule has 1 fully saturated rings. The van der Waals surface area contributed by atoms with Crippen LogP contribution >= 0.6 is 0 Å². The minimum atomic E-state index is -0.854. The van der Waals surface area contributed by atoms with Crippen molar-refractivity contribution < 1.29 is 29.0 Å². The van der Waals surface area contributed by atoms with Crippen LogP contribution in [-0.4, -0.2) is 103 Å². The van der Waals surface area contributed by atoms with Crippen LogP contribution in [0.1, 0.15) is 85.3 Å². The molecule has 1 heterocycles. The van der Waals surface area contributed by atoms with Crippen LogP contribution in [0.3, 0.4) is 0 Å². The molecule has 0 spiro atoms.